The van der Waals surface area contributed by atoms with Crippen LogP contribution in [0.4, 0.5) is 0 Å². The molecule has 1 atom stereocenters. The van der Waals surface area contributed by atoms with Crippen LogP contribution in [0.1, 0.15) is 23.6 Å². The Balaban J connectivity index is 1.86. The summed E-state index contributed by atoms with van der Waals surface area (Å²) >= 11 is 20.2. The number of carbonyl (C=O) groups excluding carboxylic acids is 2. The van der Waals surface area contributed by atoms with Crippen molar-refractivity contribution in [1.29, 1.82) is 0 Å². The second-order valence-corrected chi connectivity index (χ2v) is 10.2. The van der Waals surface area contributed by atoms with Gasteiger partial charge in [-0.05, 0) is 41.8 Å². The second kappa shape index (κ2) is 13.8. The van der Waals surface area contributed by atoms with Crippen molar-refractivity contribution in [2.75, 3.05) is 12.3 Å². The normalized spacial score (nSPS) is 11.7. The Labute approximate surface area is 225 Å². The number of carbonyl (C=O) groups is 2. The first-order chi connectivity index (χ1) is 16.9. The molecule has 0 heterocycles. The molecule has 0 fully saturated rings. The van der Waals surface area contributed by atoms with Crippen LogP contribution >= 0.6 is 46.6 Å². The summed E-state index contributed by atoms with van der Waals surface area (Å²) in [6.45, 7) is 2.52. The van der Waals surface area contributed by atoms with Crippen LogP contribution in [-0.2, 0) is 28.3 Å². The summed E-state index contributed by atoms with van der Waals surface area (Å²) in [5, 5.41) is 4.52. The highest BCUT2D eigenvalue weighted by atomic mass is 35.5. The number of nitrogens with zero attached hydrogens (tertiary/aromatic N) is 1. The maximum absolute atomic E-state index is 13.6. The van der Waals surface area contributed by atoms with Crippen molar-refractivity contribution in [3.63, 3.8) is 0 Å². The Morgan fingerprint density at radius 3 is 2.31 bits per heavy atom. The van der Waals surface area contributed by atoms with Gasteiger partial charge < -0.3 is 10.2 Å². The predicted octanol–water partition coefficient (Wildman–Crippen LogP) is 6.66. The lowest BCUT2D eigenvalue weighted by Gasteiger charge is -2.31. The summed E-state index contributed by atoms with van der Waals surface area (Å²) in [5.74, 6) is 0.429. The second-order valence-electron chi connectivity index (χ2n) is 7.94. The van der Waals surface area contributed by atoms with Gasteiger partial charge in [0.2, 0.25) is 11.8 Å². The van der Waals surface area contributed by atoms with Crippen LogP contribution in [-0.4, -0.2) is 35.1 Å². The summed E-state index contributed by atoms with van der Waals surface area (Å²) in [6.07, 6.45) is 0.388. The highest BCUT2D eigenvalue weighted by molar-refractivity contribution is 7.99. The molecule has 0 unspecified atom stereocenters. The maximum atomic E-state index is 13.6. The molecule has 8 heteroatoms. The molecule has 0 radical (unpaired) electrons. The number of halogens is 3. The Morgan fingerprint density at radius 1 is 0.914 bits per heavy atom. The van der Waals surface area contributed by atoms with Crippen molar-refractivity contribution in [2.24, 2.45) is 0 Å². The van der Waals surface area contributed by atoms with Gasteiger partial charge in [0, 0.05) is 40.3 Å². The molecule has 35 heavy (non-hydrogen) atoms. The van der Waals surface area contributed by atoms with Crippen molar-refractivity contribution in [3.8, 4) is 0 Å². The van der Waals surface area contributed by atoms with E-state index in [0.29, 0.717) is 33.8 Å². The molecule has 0 saturated carbocycles. The van der Waals surface area contributed by atoms with Crippen molar-refractivity contribution < 1.29 is 9.59 Å². The van der Waals surface area contributed by atoms with Gasteiger partial charge in [-0.1, -0.05) is 89.4 Å². The number of hydrogen-bond donors (Lipinski definition) is 1. The average molecular weight is 550 g/mol. The molecule has 0 saturated heterocycles. The minimum atomic E-state index is -0.697. The van der Waals surface area contributed by atoms with E-state index in [1.807, 2.05) is 61.5 Å². The molecule has 3 aromatic carbocycles. The molecule has 1 N–H and O–H groups in total. The van der Waals surface area contributed by atoms with E-state index in [2.05, 4.69) is 5.32 Å². The van der Waals surface area contributed by atoms with E-state index in [0.717, 1.165) is 16.7 Å². The Bertz CT molecular complexity index is 1140. The standard InChI is InChI=1S/C27H27Cl3N2O2S/c1-2-31-27(34)25(14-19-8-4-3-5-9-19)32(16-20-12-13-22(28)15-24(20)30)26(33)18-35-17-21-10-6-7-11-23(21)29/h3-13,15,25H,2,14,16-18H2,1H3,(H,31,34)/t25-/m0/s1. The first-order valence-electron chi connectivity index (χ1n) is 11.2. The lowest BCUT2D eigenvalue weighted by molar-refractivity contribution is -0.139. The van der Waals surface area contributed by atoms with Gasteiger partial charge in [-0.25, -0.2) is 0 Å². The fourth-order valence-electron chi connectivity index (χ4n) is 3.63. The average Bonchev–Trinajstić information content (AvgIpc) is 2.84. The van der Waals surface area contributed by atoms with Gasteiger partial charge in [0.05, 0.1) is 5.75 Å². The molecule has 0 aliphatic rings. The maximum Gasteiger partial charge on any atom is 0.243 e. The molecular formula is C27H27Cl3N2O2S. The minimum absolute atomic E-state index is 0.153. The molecule has 3 rings (SSSR count). The van der Waals surface area contributed by atoms with E-state index in [1.165, 1.54) is 11.8 Å². The van der Waals surface area contributed by atoms with E-state index < -0.39 is 6.04 Å². The van der Waals surface area contributed by atoms with Crippen molar-refractivity contribution in [1.82, 2.24) is 10.2 Å². The van der Waals surface area contributed by atoms with Crippen LogP contribution in [0.5, 0.6) is 0 Å². The van der Waals surface area contributed by atoms with Gasteiger partial charge in [-0.2, -0.15) is 0 Å². The number of hydrogen-bond acceptors (Lipinski definition) is 3. The molecule has 2 amide bonds. The first kappa shape index (κ1) is 27.4. The van der Waals surface area contributed by atoms with E-state index in [9.17, 15) is 9.59 Å². The number of benzene rings is 3. The third-order valence-electron chi connectivity index (χ3n) is 5.42. The summed E-state index contributed by atoms with van der Waals surface area (Å²) in [5.41, 5.74) is 2.65. The molecule has 0 aliphatic carbocycles. The number of likely N-dealkylation sites (N-methyl/N-ethyl adjacent to an activating group) is 1. The molecule has 3 aromatic rings. The van der Waals surface area contributed by atoms with Crippen LogP contribution in [0.25, 0.3) is 0 Å². The van der Waals surface area contributed by atoms with Crippen LogP contribution in [0.2, 0.25) is 15.1 Å². The molecule has 184 valence electrons. The molecule has 0 spiro atoms. The number of nitrogens with one attached hydrogen (secondary N) is 1. The van der Waals surface area contributed by atoms with E-state index in [-0.39, 0.29) is 24.1 Å². The monoisotopic (exact) mass is 548 g/mol. The highest BCUT2D eigenvalue weighted by Crippen LogP contribution is 2.26. The fourth-order valence-corrected chi connectivity index (χ4v) is 5.29. The van der Waals surface area contributed by atoms with Crippen LogP contribution in [0.15, 0.2) is 72.8 Å². The highest BCUT2D eigenvalue weighted by Gasteiger charge is 2.30. The Kier molecular flexibility index (Phi) is 10.8. The topological polar surface area (TPSA) is 49.4 Å². The van der Waals surface area contributed by atoms with Gasteiger partial charge in [0.25, 0.3) is 0 Å². The van der Waals surface area contributed by atoms with Crippen LogP contribution in [0, 0.1) is 0 Å². The Morgan fingerprint density at radius 2 is 1.63 bits per heavy atom. The first-order valence-corrected chi connectivity index (χ1v) is 13.5. The summed E-state index contributed by atoms with van der Waals surface area (Å²) in [4.78, 5) is 28.4. The van der Waals surface area contributed by atoms with E-state index in [1.54, 1.807) is 23.1 Å². The minimum Gasteiger partial charge on any atom is -0.355 e. The quantitative estimate of drug-likeness (QED) is 0.291. The molecule has 0 bridgehead atoms. The van der Waals surface area contributed by atoms with Crippen molar-refractivity contribution in [3.05, 3.63) is 105 Å². The van der Waals surface area contributed by atoms with Gasteiger partial charge in [-0.3, -0.25) is 9.59 Å². The van der Waals surface area contributed by atoms with Gasteiger partial charge in [0.15, 0.2) is 0 Å². The third kappa shape index (κ3) is 8.18. The number of thioether (sulfide) groups is 1. The smallest absolute Gasteiger partial charge is 0.243 e. The molecule has 4 nitrogen and oxygen atoms in total. The fraction of sp³-hybridized carbons (Fsp3) is 0.259. The summed E-state index contributed by atoms with van der Waals surface area (Å²) in [6, 6.07) is 21.7. The largest absolute Gasteiger partial charge is 0.355 e. The summed E-state index contributed by atoms with van der Waals surface area (Å²) in [7, 11) is 0. The lowest BCUT2D eigenvalue weighted by atomic mass is 10.0. The summed E-state index contributed by atoms with van der Waals surface area (Å²) < 4.78 is 0. The zero-order valence-corrected chi connectivity index (χ0v) is 22.4. The van der Waals surface area contributed by atoms with Gasteiger partial charge >= 0.3 is 0 Å². The van der Waals surface area contributed by atoms with Crippen molar-refractivity contribution >= 4 is 58.4 Å². The lowest BCUT2D eigenvalue weighted by Crippen LogP contribution is -2.51. The number of rotatable bonds is 11. The SMILES string of the molecule is CCNC(=O)[C@H](Cc1ccccc1)N(Cc1ccc(Cl)cc1Cl)C(=O)CSCc1ccccc1Cl. The molecular weight excluding hydrogens is 523 g/mol. The van der Waals surface area contributed by atoms with Crippen molar-refractivity contribution in [2.45, 2.75) is 31.7 Å². The van der Waals surface area contributed by atoms with E-state index >= 15 is 0 Å². The zero-order valence-electron chi connectivity index (χ0n) is 19.3. The Hall–Kier alpha value is -2.18. The van der Waals surface area contributed by atoms with E-state index in [4.69, 9.17) is 34.8 Å². The predicted molar refractivity (Wildman–Crippen MR) is 147 cm³/mol. The number of amides is 2. The van der Waals surface area contributed by atoms with Gasteiger partial charge in [-0.15, -0.1) is 11.8 Å². The molecule has 0 aromatic heterocycles. The third-order valence-corrected chi connectivity index (χ3v) is 7.34. The molecule has 0 aliphatic heterocycles. The zero-order chi connectivity index (χ0) is 25.2. The van der Waals surface area contributed by atoms with Crippen LogP contribution in [0.3, 0.4) is 0 Å². The van der Waals surface area contributed by atoms with Gasteiger partial charge in [0.1, 0.15) is 6.04 Å². The van der Waals surface area contributed by atoms with Crippen LogP contribution < -0.4 is 5.32 Å².